The van der Waals surface area contributed by atoms with Crippen LogP contribution >= 0.6 is 0 Å². The topological polar surface area (TPSA) is 0 Å². The van der Waals surface area contributed by atoms with E-state index in [1.165, 1.54) is 0 Å². The van der Waals surface area contributed by atoms with Gasteiger partial charge in [0.2, 0.25) is 0 Å². The summed E-state index contributed by atoms with van der Waals surface area (Å²) in [5.41, 5.74) is 0. The molecule has 0 aromatic carbocycles. The van der Waals surface area contributed by atoms with Gasteiger partial charge in [0, 0.05) is 113 Å². The summed E-state index contributed by atoms with van der Waals surface area (Å²) >= 11 is -3.63. The number of hydrogen-bond acceptors (Lipinski definition) is 0. The van der Waals surface area contributed by atoms with Crippen LogP contribution in [0.5, 0.6) is 0 Å². The molecule has 0 heterocycles. The van der Waals surface area contributed by atoms with E-state index in [1.807, 2.05) is 0 Å². The Morgan fingerprint density at radius 3 is 0.381 bits per heavy atom. The van der Waals surface area contributed by atoms with Crippen LogP contribution in [0.25, 0.3) is 0 Å². The van der Waals surface area contributed by atoms with Gasteiger partial charge in [-0.05, 0) is 0 Å². The van der Waals surface area contributed by atoms with Crippen LogP contribution in [0.3, 0.4) is 0 Å². The van der Waals surface area contributed by atoms with Crippen molar-refractivity contribution < 1.29 is 113 Å². The second kappa shape index (κ2) is 29.2. The summed E-state index contributed by atoms with van der Waals surface area (Å²) in [5, 5.41) is 0. The molecule has 0 aromatic rings. The summed E-state index contributed by atoms with van der Waals surface area (Å²) in [6.45, 7) is 0. The predicted octanol–water partition coefficient (Wildman–Crippen LogP) is 6.11. The fourth-order valence-corrected chi connectivity index (χ4v) is 0. The fraction of sp³-hybridized carbons (Fsp3) is 1.00. The summed E-state index contributed by atoms with van der Waals surface area (Å²) < 4.78 is 0. The molecule has 7 heteroatoms. The first kappa shape index (κ1) is 46.3. The molecule has 21 heavy (non-hydrogen) atoms. The van der Waals surface area contributed by atoms with Crippen LogP contribution < -0.4 is 0 Å². The van der Waals surface area contributed by atoms with E-state index in [-0.39, 0.29) is 113 Å². The summed E-state index contributed by atoms with van der Waals surface area (Å²) in [6, 6.07) is 0. The standard InChI is InChI=1S/14CH3.3Ar.4Sn.2H/h14*1H3;;;;;;;;;. The summed E-state index contributed by atoms with van der Waals surface area (Å²) in [4.78, 5) is 33.4. The average molecular weight is 807 g/mol. The molecular formula is C14H44Ar3Sn4. The molecule has 0 spiro atoms. The summed E-state index contributed by atoms with van der Waals surface area (Å²) in [6.07, 6.45) is 0. The maximum absolute atomic E-state index is 2.40. The van der Waals surface area contributed by atoms with Crippen molar-refractivity contribution in [3.63, 3.8) is 0 Å². The van der Waals surface area contributed by atoms with E-state index >= 15 is 0 Å². The molecule has 0 nitrogen and oxygen atoms in total. The molecule has 0 fully saturated rings. The molecule has 0 aromatic heterocycles. The zero-order valence-corrected chi connectivity index (χ0v) is 31.6. The van der Waals surface area contributed by atoms with Crippen LogP contribution in [0.1, 0.15) is 0 Å². The Balaban J connectivity index is -0.0000000239. The van der Waals surface area contributed by atoms with Gasteiger partial charge in [-0.25, -0.2) is 0 Å². The van der Waals surface area contributed by atoms with Crippen molar-refractivity contribution in [2.24, 2.45) is 0 Å². The molecule has 0 saturated carbocycles. The van der Waals surface area contributed by atoms with Crippen molar-refractivity contribution in [2.75, 3.05) is 0 Å². The van der Waals surface area contributed by atoms with Gasteiger partial charge < -0.3 is 0 Å². The Morgan fingerprint density at radius 1 is 0.381 bits per heavy atom. The van der Waals surface area contributed by atoms with Crippen LogP contribution in [0.15, 0.2) is 0 Å². The third kappa shape index (κ3) is 346. The normalized spacial score (nSPS) is 9.14. The molecule has 140 valence electrons. The van der Waals surface area contributed by atoms with Crippen LogP contribution in [0, 0.1) is 113 Å². The van der Waals surface area contributed by atoms with Crippen LogP contribution in [0.2, 0.25) is 69.2 Å². The van der Waals surface area contributed by atoms with Gasteiger partial charge in [0.1, 0.15) is 0 Å². The average Bonchev–Trinajstić information content (AvgIpc) is 1.70. The minimum absolute atomic E-state index is 0. The van der Waals surface area contributed by atoms with Gasteiger partial charge in [0.25, 0.3) is 0 Å². The van der Waals surface area contributed by atoms with E-state index in [4.69, 9.17) is 0 Å². The molecule has 0 N–H and O–H groups in total. The summed E-state index contributed by atoms with van der Waals surface area (Å²) in [7, 11) is 0. The minimum atomic E-state index is -1.18. The predicted molar refractivity (Wildman–Crippen MR) is 108 cm³/mol. The monoisotopic (exact) mass is 812 g/mol. The second-order valence-electron chi connectivity index (χ2n) is 9.46. The van der Waals surface area contributed by atoms with Crippen molar-refractivity contribution in [1.29, 1.82) is 0 Å². The molecule has 0 aliphatic heterocycles. The van der Waals surface area contributed by atoms with Crippen molar-refractivity contribution in [1.82, 2.24) is 0 Å². The van der Waals surface area contributed by atoms with Gasteiger partial charge in [-0.2, -0.15) is 0 Å². The molecule has 0 atom stereocenters. The van der Waals surface area contributed by atoms with E-state index in [1.54, 1.807) is 0 Å². The van der Waals surface area contributed by atoms with E-state index in [9.17, 15) is 0 Å². The molecule has 0 aliphatic rings. The molecule has 0 bridgehead atoms. The Hall–Kier alpha value is 6.97. The molecular weight excluding hydrogens is 763 g/mol. The van der Waals surface area contributed by atoms with Crippen LogP contribution in [-0.2, 0) is 0 Å². The van der Waals surface area contributed by atoms with Gasteiger partial charge in [-0.1, -0.05) is 0 Å². The summed E-state index contributed by atoms with van der Waals surface area (Å²) in [5.74, 6) is 0. The van der Waals surface area contributed by atoms with Gasteiger partial charge in [0.15, 0.2) is 0 Å². The Kier molecular flexibility index (Phi) is 64.3. The Labute approximate surface area is 251 Å². The van der Waals surface area contributed by atoms with Crippen molar-refractivity contribution in [2.45, 2.75) is 69.2 Å². The maximum atomic E-state index is 2.40. The molecule has 0 radical (unpaired) electrons. The third-order valence-corrected chi connectivity index (χ3v) is 0. The first-order valence-corrected chi connectivity index (χ1v) is 50.1. The Bertz CT molecular complexity index is 118. The van der Waals surface area contributed by atoms with Crippen molar-refractivity contribution in [3.8, 4) is 0 Å². The van der Waals surface area contributed by atoms with Crippen LogP contribution in [0.4, 0.5) is 0 Å². The third-order valence-electron chi connectivity index (χ3n) is 0. The Morgan fingerprint density at radius 2 is 0.381 bits per heavy atom. The fourth-order valence-electron chi connectivity index (χ4n) is 0. The van der Waals surface area contributed by atoms with Gasteiger partial charge >= 0.3 is 145 Å². The van der Waals surface area contributed by atoms with Gasteiger partial charge in [-0.3, -0.25) is 0 Å². The van der Waals surface area contributed by atoms with Crippen molar-refractivity contribution >= 4 is 76.3 Å². The zero-order chi connectivity index (χ0) is 16.2. The van der Waals surface area contributed by atoms with E-state index in [2.05, 4.69) is 69.2 Å². The molecule has 0 rings (SSSR count). The zero-order valence-electron chi connectivity index (χ0n) is 17.2. The van der Waals surface area contributed by atoms with E-state index in [0.29, 0.717) is 0 Å². The molecule has 0 amide bonds. The van der Waals surface area contributed by atoms with E-state index in [0.717, 1.165) is 0 Å². The SMILES string of the molecule is [Ar].[Ar].[Ar].[CH3][SnH]([CH3])[CH3].[CH3][SnH]([CH3])[CH3].[CH3][Sn]([CH3])([CH3])[CH3].[CH3][Sn]([CH3])([CH3])[CH3]. The van der Waals surface area contributed by atoms with Gasteiger partial charge in [0.05, 0.1) is 0 Å². The van der Waals surface area contributed by atoms with E-state index < -0.39 is 76.3 Å². The number of hydrogen-bond donors (Lipinski definition) is 0. The first-order chi connectivity index (χ1) is 7.46. The molecule has 0 unspecified atom stereocenters. The van der Waals surface area contributed by atoms with Crippen molar-refractivity contribution in [3.05, 3.63) is 0 Å². The van der Waals surface area contributed by atoms with Gasteiger partial charge in [-0.15, -0.1) is 0 Å². The molecule has 0 aliphatic carbocycles. The second-order valence-corrected chi connectivity index (χ2v) is 63.5. The quantitative estimate of drug-likeness (QED) is 0.260. The number of rotatable bonds is 0. The molecule has 0 saturated heterocycles. The first-order valence-electron chi connectivity index (χ1n) is 7.46. The van der Waals surface area contributed by atoms with Crippen LogP contribution in [-0.4, -0.2) is 76.3 Å².